The van der Waals surface area contributed by atoms with Crippen molar-refractivity contribution in [3.05, 3.63) is 155 Å². The van der Waals surface area contributed by atoms with Crippen molar-refractivity contribution >= 4 is 46.9 Å². The Kier molecular flexibility index (Phi) is 10.5. The summed E-state index contributed by atoms with van der Waals surface area (Å²) in [5.41, 5.74) is 6.80. The van der Waals surface area contributed by atoms with Gasteiger partial charge in [0.25, 0.3) is 11.8 Å². The van der Waals surface area contributed by atoms with Crippen LogP contribution in [0.3, 0.4) is 0 Å². The summed E-state index contributed by atoms with van der Waals surface area (Å²) in [6, 6.07) is 39.8. The van der Waals surface area contributed by atoms with Crippen molar-refractivity contribution in [3.8, 4) is 11.1 Å². The lowest BCUT2D eigenvalue weighted by Gasteiger charge is -2.16. The van der Waals surface area contributed by atoms with Gasteiger partial charge in [-0.3, -0.25) is 14.4 Å². The number of thioether (sulfide) groups is 1. The topological polar surface area (TPSA) is 87.3 Å². The fourth-order valence-corrected chi connectivity index (χ4v) is 5.78. The maximum absolute atomic E-state index is 13.6. The summed E-state index contributed by atoms with van der Waals surface area (Å²) in [7, 11) is 0. The Morgan fingerprint density at radius 2 is 1.28 bits per heavy atom. The van der Waals surface area contributed by atoms with Gasteiger partial charge in [-0.15, -0.1) is 11.8 Å². The normalized spacial score (nSPS) is 11.8. The molecule has 0 bridgehead atoms. The number of aryl methyl sites for hydroxylation is 2. The molecule has 0 aliphatic heterocycles. The number of hydrogen-bond donors (Lipinski definition) is 3. The molecule has 0 aliphatic carbocycles. The van der Waals surface area contributed by atoms with Crippen LogP contribution in [0.2, 0.25) is 0 Å². The minimum absolute atomic E-state index is 0.0979. The zero-order chi connectivity index (χ0) is 32.5. The fourth-order valence-electron chi connectivity index (χ4n) is 4.85. The van der Waals surface area contributed by atoms with Crippen LogP contribution < -0.4 is 16.0 Å². The number of para-hydroxylation sites is 1. The van der Waals surface area contributed by atoms with Gasteiger partial charge >= 0.3 is 0 Å². The molecular weight excluding hydrogens is 591 g/mol. The van der Waals surface area contributed by atoms with Gasteiger partial charge in [-0.1, -0.05) is 97.1 Å². The van der Waals surface area contributed by atoms with Gasteiger partial charge in [-0.25, -0.2) is 0 Å². The van der Waals surface area contributed by atoms with Crippen LogP contribution in [0.1, 0.15) is 34.0 Å². The number of hydrogen-bond acceptors (Lipinski definition) is 4. The number of rotatable bonds is 10. The van der Waals surface area contributed by atoms with Gasteiger partial charge in [0.15, 0.2) is 0 Å². The first-order chi connectivity index (χ1) is 22.3. The van der Waals surface area contributed by atoms with E-state index in [9.17, 15) is 14.4 Å². The number of carbonyl (C=O) groups excluding carboxylic acids is 3. The Morgan fingerprint density at radius 1 is 0.674 bits per heavy atom. The third kappa shape index (κ3) is 8.40. The van der Waals surface area contributed by atoms with Crippen molar-refractivity contribution in [2.45, 2.75) is 30.9 Å². The van der Waals surface area contributed by atoms with Crippen LogP contribution in [0.4, 0.5) is 11.4 Å². The van der Waals surface area contributed by atoms with E-state index in [0.717, 1.165) is 38.4 Å². The van der Waals surface area contributed by atoms with Crippen LogP contribution in [0.25, 0.3) is 17.2 Å². The van der Waals surface area contributed by atoms with E-state index in [4.69, 9.17) is 0 Å². The van der Waals surface area contributed by atoms with Crippen LogP contribution in [-0.4, -0.2) is 23.0 Å². The molecule has 0 saturated carbocycles. The Balaban J connectivity index is 1.32. The second-order valence-electron chi connectivity index (χ2n) is 10.9. The minimum atomic E-state index is -0.473. The van der Waals surface area contributed by atoms with Crippen LogP contribution in [0.5, 0.6) is 0 Å². The Labute approximate surface area is 274 Å². The summed E-state index contributed by atoms with van der Waals surface area (Å²) in [6.45, 7) is 5.79. The van der Waals surface area contributed by atoms with Gasteiger partial charge in [0.2, 0.25) is 5.91 Å². The Hall–Kier alpha value is -5.40. The molecule has 5 aromatic rings. The number of benzene rings is 5. The van der Waals surface area contributed by atoms with Crippen molar-refractivity contribution < 1.29 is 14.4 Å². The van der Waals surface area contributed by atoms with Crippen molar-refractivity contribution in [1.29, 1.82) is 0 Å². The van der Waals surface area contributed by atoms with Gasteiger partial charge < -0.3 is 16.0 Å². The molecule has 7 heteroatoms. The van der Waals surface area contributed by atoms with Gasteiger partial charge in [0.05, 0.1) is 5.25 Å². The third-order valence-corrected chi connectivity index (χ3v) is 8.45. The SMILES string of the molecule is Cc1cccc(C)c1NC(=O)C(C)Sc1cccc(NC(=O)/C(=C\c2ccc(-c3ccccc3)cc2)NC(=O)c2ccccc2)c1. The first-order valence-corrected chi connectivity index (χ1v) is 15.8. The molecule has 0 aromatic heterocycles. The lowest BCUT2D eigenvalue weighted by Crippen LogP contribution is -2.30. The average Bonchev–Trinajstić information content (AvgIpc) is 3.07. The van der Waals surface area contributed by atoms with Crippen molar-refractivity contribution in [2.75, 3.05) is 10.6 Å². The number of nitrogens with one attached hydrogen (secondary N) is 3. The molecule has 1 unspecified atom stereocenters. The average molecular weight is 626 g/mol. The smallest absolute Gasteiger partial charge is 0.272 e. The molecule has 0 radical (unpaired) electrons. The molecule has 0 aliphatic rings. The molecule has 0 saturated heterocycles. The summed E-state index contributed by atoms with van der Waals surface area (Å²) >= 11 is 1.39. The molecule has 5 rings (SSSR count). The number of carbonyl (C=O) groups is 3. The highest BCUT2D eigenvalue weighted by atomic mass is 32.2. The predicted molar refractivity (Wildman–Crippen MR) is 189 cm³/mol. The lowest BCUT2D eigenvalue weighted by atomic mass is 10.0. The third-order valence-electron chi connectivity index (χ3n) is 7.36. The van der Waals surface area contributed by atoms with Crippen LogP contribution >= 0.6 is 11.8 Å². The maximum Gasteiger partial charge on any atom is 0.272 e. The number of amides is 3. The van der Waals surface area contributed by atoms with Gasteiger partial charge in [-0.2, -0.15) is 0 Å². The van der Waals surface area contributed by atoms with Crippen molar-refractivity contribution in [1.82, 2.24) is 5.32 Å². The molecule has 230 valence electrons. The quantitative estimate of drug-likeness (QED) is 0.107. The fraction of sp³-hybridized carbons (Fsp3) is 0.103. The highest BCUT2D eigenvalue weighted by molar-refractivity contribution is 8.00. The van der Waals surface area contributed by atoms with Crippen LogP contribution in [0, 0.1) is 13.8 Å². The van der Waals surface area contributed by atoms with Crippen LogP contribution in [-0.2, 0) is 9.59 Å². The summed E-state index contributed by atoms with van der Waals surface area (Å²) in [5.74, 6) is -0.973. The Morgan fingerprint density at radius 3 is 1.96 bits per heavy atom. The van der Waals surface area contributed by atoms with E-state index in [1.807, 2.05) is 118 Å². The van der Waals surface area contributed by atoms with E-state index in [-0.39, 0.29) is 16.9 Å². The summed E-state index contributed by atoms with van der Waals surface area (Å²) < 4.78 is 0. The minimum Gasteiger partial charge on any atom is -0.325 e. The zero-order valence-corrected chi connectivity index (χ0v) is 26.7. The van der Waals surface area contributed by atoms with E-state index < -0.39 is 11.8 Å². The Bertz CT molecular complexity index is 1850. The largest absolute Gasteiger partial charge is 0.325 e. The highest BCUT2D eigenvalue weighted by Crippen LogP contribution is 2.28. The standard InChI is InChI=1S/C39H35N3O3S/c1-26-12-10-13-27(2)36(26)42-37(43)28(3)46-34-19-11-18-33(25-34)40-39(45)35(41-38(44)32-16-8-5-9-17-32)24-29-20-22-31(23-21-29)30-14-6-4-7-15-30/h4-25,28H,1-3H3,(H,40,45)(H,41,44)(H,42,43)/b35-24+. The van der Waals surface area contributed by atoms with Crippen LogP contribution in [0.15, 0.2) is 138 Å². The lowest BCUT2D eigenvalue weighted by molar-refractivity contribution is -0.115. The summed E-state index contributed by atoms with van der Waals surface area (Å²) in [6.07, 6.45) is 1.66. The molecule has 0 spiro atoms. The molecule has 3 amide bonds. The first-order valence-electron chi connectivity index (χ1n) is 15.0. The van der Waals surface area contributed by atoms with E-state index >= 15 is 0 Å². The van der Waals surface area contributed by atoms with Crippen molar-refractivity contribution in [2.24, 2.45) is 0 Å². The molecular formula is C39H35N3O3S. The molecule has 5 aromatic carbocycles. The molecule has 1 atom stereocenters. The van der Waals surface area contributed by atoms with Gasteiger partial charge in [0.1, 0.15) is 5.70 Å². The molecule has 0 fully saturated rings. The van der Waals surface area contributed by atoms with Gasteiger partial charge in [-0.05, 0) is 85.0 Å². The molecule has 6 nitrogen and oxygen atoms in total. The zero-order valence-electron chi connectivity index (χ0n) is 25.9. The summed E-state index contributed by atoms with van der Waals surface area (Å²) in [4.78, 5) is 40.5. The maximum atomic E-state index is 13.6. The summed E-state index contributed by atoms with van der Waals surface area (Å²) in [5, 5.41) is 8.38. The van der Waals surface area contributed by atoms with E-state index in [0.29, 0.717) is 11.3 Å². The van der Waals surface area contributed by atoms with Crippen molar-refractivity contribution in [3.63, 3.8) is 0 Å². The van der Waals surface area contributed by atoms with Gasteiger partial charge in [0, 0.05) is 21.8 Å². The second kappa shape index (κ2) is 15.1. The monoisotopic (exact) mass is 625 g/mol. The number of anilines is 2. The van der Waals surface area contributed by atoms with E-state index in [2.05, 4.69) is 16.0 Å². The second-order valence-corrected chi connectivity index (χ2v) is 12.3. The molecule has 0 heterocycles. The van der Waals surface area contributed by atoms with E-state index in [1.54, 1.807) is 36.4 Å². The first kappa shape index (κ1) is 32.0. The van der Waals surface area contributed by atoms with E-state index in [1.165, 1.54) is 11.8 Å². The molecule has 3 N–H and O–H groups in total. The predicted octanol–water partition coefficient (Wildman–Crippen LogP) is 8.50. The highest BCUT2D eigenvalue weighted by Gasteiger charge is 2.18. The molecule has 46 heavy (non-hydrogen) atoms.